The van der Waals surface area contributed by atoms with E-state index >= 15 is 0 Å². The van der Waals surface area contributed by atoms with Crippen molar-refractivity contribution in [3.05, 3.63) is 39.6 Å². The minimum Gasteiger partial charge on any atom is -0.507 e. The number of hydrogen-bond acceptors (Lipinski definition) is 5. The average molecular weight is 248 g/mol. The first-order valence-corrected chi connectivity index (χ1v) is 4.93. The largest absolute Gasteiger partial charge is 0.507 e. The fraction of sp³-hybridized carbons (Fsp3) is 0.0909. The summed E-state index contributed by atoms with van der Waals surface area (Å²) in [7, 11) is 0. The number of aromatic hydroxyl groups is 1. The van der Waals surface area contributed by atoms with E-state index in [0.29, 0.717) is 0 Å². The lowest BCUT2D eigenvalue weighted by atomic mass is 10.1. The first kappa shape index (κ1) is 11.8. The molecule has 18 heavy (non-hydrogen) atoms. The van der Waals surface area contributed by atoms with Gasteiger partial charge < -0.3 is 10.2 Å². The van der Waals surface area contributed by atoms with E-state index in [9.17, 15) is 20.0 Å². The quantitative estimate of drug-likeness (QED) is 0.619. The predicted octanol–water partition coefficient (Wildman–Crippen LogP) is 1.86. The standard InChI is InChI=1S/C11H8N2O5/c1-5-8(11(15)16)12-9-6(10(5)14)3-2-4-7(9)13(17)18/h2-4H,1H3,(H,12,14)(H,15,16). The molecule has 0 spiro atoms. The van der Waals surface area contributed by atoms with Crippen molar-refractivity contribution in [3.8, 4) is 5.75 Å². The van der Waals surface area contributed by atoms with E-state index in [4.69, 9.17) is 5.11 Å². The summed E-state index contributed by atoms with van der Waals surface area (Å²) in [6.45, 7) is 1.39. The summed E-state index contributed by atoms with van der Waals surface area (Å²) in [5.74, 6) is -1.65. The highest BCUT2D eigenvalue weighted by molar-refractivity contribution is 5.98. The number of para-hydroxylation sites is 1. The van der Waals surface area contributed by atoms with Crippen LogP contribution in [0.25, 0.3) is 10.9 Å². The molecule has 7 heteroatoms. The second kappa shape index (κ2) is 3.95. The fourth-order valence-corrected chi connectivity index (χ4v) is 1.71. The van der Waals surface area contributed by atoms with Crippen LogP contribution in [0.1, 0.15) is 16.1 Å². The van der Waals surface area contributed by atoms with Crippen molar-refractivity contribution in [2.45, 2.75) is 6.92 Å². The molecule has 2 aromatic rings. The summed E-state index contributed by atoms with van der Waals surface area (Å²) in [4.78, 5) is 24.9. The lowest BCUT2D eigenvalue weighted by Gasteiger charge is -2.07. The van der Waals surface area contributed by atoms with Gasteiger partial charge in [0.1, 0.15) is 5.75 Å². The maximum atomic E-state index is 11.0. The summed E-state index contributed by atoms with van der Waals surface area (Å²) in [5.41, 5.74) is -0.793. The molecule has 1 aromatic carbocycles. The first-order chi connectivity index (χ1) is 8.43. The number of carbonyl (C=O) groups is 1. The van der Waals surface area contributed by atoms with Crippen molar-refractivity contribution < 1.29 is 19.9 Å². The second-order valence-corrected chi connectivity index (χ2v) is 3.67. The number of carboxylic acids is 1. The van der Waals surface area contributed by atoms with E-state index in [1.807, 2.05) is 0 Å². The van der Waals surface area contributed by atoms with Crippen LogP contribution in [0.15, 0.2) is 18.2 Å². The maximum Gasteiger partial charge on any atom is 0.354 e. The Bertz CT molecular complexity index is 681. The topological polar surface area (TPSA) is 114 Å². The number of fused-ring (bicyclic) bond motifs is 1. The average Bonchev–Trinajstić information content (AvgIpc) is 2.32. The predicted molar refractivity (Wildman–Crippen MR) is 61.8 cm³/mol. The Hall–Kier alpha value is -2.70. The van der Waals surface area contributed by atoms with E-state index in [2.05, 4.69) is 4.98 Å². The van der Waals surface area contributed by atoms with Crippen molar-refractivity contribution in [3.63, 3.8) is 0 Å². The van der Waals surface area contributed by atoms with Gasteiger partial charge in [0.2, 0.25) is 0 Å². The summed E-state index contributed by atoms with van der Waals surface area (Å²) in [6, 6.07) is 4.06. The van der Waals surface area contributed by atoms with Crippen LogP contribution in [0.4, 0.5) is 5.69 Å². The second-order valence-electron chi connectivity index (χ2n) is 3.67. The first-order valence-electron chi connectivity index (χ1n) is 4.93. The molecule has 0 aliphatic rings. The third-order valence-corrected chi connectivity index (χ3v) is 2.60. The van der Waals surface area contributed by atoms with Gasteiger partial charge in [-0.05, 0) is 13.0 Å². The van der Waals surface area contributed by atoms with Gasteiger partial charge in [-0.15, -0.1) is 0 Å². The van der Waals surface area contributed by atoms with E-state index in [0.717, 1.165) is 0 Å². The van der Waals surface area contributed by atoms with Crippen LogP contribution >= 0.6 is 0 Å². The molecule has 92 valence electrons. The summed E-state index contributed by atoms with van der Waals surface area (Å²) >= 11 is 0. The van der Waals surface area contributed by atoms with Crippen LogP contribution in [-0.4, -0.2) is 26.1 Å². The fourth-order valence-electron chi connectivity index (χ4n) is 1.71. The van der Waals surface area contributed by atoms with Gasteiger partial charge in [-0.25, -0.2) is 9.78 Å². The Kier molecular flexibility index (Phi) is 2.59. The molecule has 1 heterocycles. The number of nitro groups is 1. The highest BCUT2D eigenvalue weighted by atomic mass is 16.6. The molecule has 7 nitrogen and oxygen atoms in total. The Labute approximate surface area is 100 Å². The highest BCUT2D eigenvalue weighted by Gasteiger charge is 2.21. The zero-order chi connectivity index (χ0) is 13.4. The molecule has 2 N–H and O–H groups in total. The van der Waals surface area contributed by atoms with Gasteiger partial charge >= 0.3 is 5.97 Å². The van der Waals surface area contributed by atoms with Crippen LogP contribution in [0.3, 0.4) is 0 Å². The highest BCUT2D eigenvalue weighted by Crippen LogP contribution is 2.33. The number of rotatable bonds is 2. The smallest absolute Gasteiger partial charge is 0.354 e. The molecular formula is C11H8N2O5. The molecule has 0 atom stereocenters. The molecule has 1 aromatic heterocycles. The normalized spacial score (nSPS) is 10.5. The zero-order valence-electron chi connectivity index (χ0n) is 9.25. The maximum absolute atomic E-state index is 11.0. The van der Waals surface area contributed by atoms with Gasteiger partial charge in [0.25, 0.3) is 5.69 Å². The molecule has 0 saturated heterocycles. The number of hydrogen-bond donors (Lipinski definition) is 2. The monoisotopic (exact) mass is 248 g/mol. The molecule has 0 unspecified atom stereocenters. The summed E-state index contributed by atoms with van der Waals surface area (Å²) < 4.78 is 0. The van der Waals surface area contributed by atoms with Gasteiger partial charge in [0.15, 0.2) is 11.2 Å². The van der Waals surface area contributed by atoms with E-state index in [1.165, 1.54) is 25.1 Å². The van der Waals surface area contributed by atoms with Crippen LogP contribution in [0.2, 0.25) is 0 Å². The van der Waals surface area contributed by atoms with Gasteiger partial charge in [-0.3, -0.25) is 10.1 Å². The van der Waals surface area contributed by atoms with Crippen molar-refractivity contribution in [1.82, 2.24) is 4.98 Å². The number of aromatic carboxylic acids is 1. The summed E-state index contributed by atoms with van der Waals surface area (Å²) in [5, 5.41) is 29.8. The molecular weight excluding hydrogens is 240 g/mol. The van der Waals surface area contributed by atoms with Crippen molar-refractivity contribution >= 4 is 22.6 Å². The third-order valence-electron chi connectivity index (χ3n) is 2.60. The van der Waals surface area contributed by atoms with E-state index in [1.54, 1.807) is 0 Å². The Morgan fingerprint density at radius 2 is 2.11 bits per heavy atom. The molecule has 0 fully saturated rings. The molecule has 0 saturated carbocycles. The number of nitro benzene ring substituents is 1. The summed E-state index contributed by atoms with van der Waals surface area (Å²) in [6.07, 6.45) is 0. The molecule has 0 amide bonds. The molecule has 0 aliphatic carbocycles. The number of aromatic nitrogens is 1. The number of carboxylic acid groups (broad SMARTS) is 1. The SMILES string of the molecule is Cc1c(C(=O)O)nc2c([N+](=O)[O-])cccc2c1O. The van der Waals surface area contributed by atoms with Gasteiger partial charge in [-0.1, -0.05) is 6.07 Å². The molecule has 0 aliphatic heterocycles. The van der Waals surface area contributed by atoms with Gasteiger partial charge in [0.05, 0.1) is 4.92 Å². The molecule has 0 bridgehead atoms. The Morgan fingerprint density at radius 3 is 2.67 bits per heavy atom. The third kappa shape index (κ3) is 1.61. The van der Waals surface area contributed by atoms with Crippen molar-refractivity contribution in [2.75, 3.05) is 0 Å². The number of non-ortho nitro benzene ring substituents is 1. The van der Waals surface area contributed by atoms with Crippen LogP contribution in [0, 0.1) is 17.0 Å². The van der Waals surface area contributed by atoms with Crippen LogP contribution in [-0.2, 0) is 0 Å². The van der Waals surface area contributed by atoms with Gasteiger partial charge in [-0.2, -0.15) is 0 Å². The minimum absolute atomic E-state index is 0.0792. The van der Waals surface area contributed by atoms with E-state index in [-0.39, 0.29) is 27.9 Å². The Balaban J connectivity index is 2.96. The van der Waals surface area contributed by atoms with Crippen LogP contribution in [0.5, 0.6) is 5.75 Å². The van der Waals surface area contributed by atoms with Gasteiger partial charge in [0, 0.05) is 17.0 Å². The molecule has 2 rings (SSSR count). The lowest BCUT2D eigenvalue weighted by Crippen LogP contribution is -2.05. The number of nitrogens with zero attached hydrogens (tertiary/aromatic N) is 2. The van der Waals surface area contributed by atoms with Crippen LogP contribution < -0.4 is 0 Å². The lowest BCUT2D eigenvalue weighted by molar-refractivity contribution is -0.383. The number of pyridine rings is 1. The zero-order valence-corrected chi connectivity index (χ0v) is 9.25. The Morgan fingerprint density at radius 1 is 1.44 bits per heavy atom. The van der Waals surface area contributed by atoms with Crippen molar-refractivity contribution in [2.24, 2.45) is 0 Å². The van der Waals surface area contributed by atoms with E-state index < -0.39 is 16.6 Å². The van der Waals surface area contributed by atoms with Crippen molar-refractivity contribution in [1.29, 1.82) is 0 Å². The minimum atomic E-state index is -1.34. The number of benzene rings is 1. The molecule has 0 radical (unpaired) electrons.